The number of nitrogens with zero attached hydrogens (tertiary/aromatic N) is 4. The standard InChI is InChI=1S/C21H14N4O3S/c1-12-3-2-4-17(23-12)28-14-7-5-13(6-8-14)25-15-9-10-22-20-18(15)19(24-21(25)27)16(11-26)29-20/h2-11,26H,1H3. The maximum Gasteiger partial charge on any atom is 0.353 e. The molecule has 142 valence electrons. The summed E-state index contributed by atoms with van der Waals surface area (Å²) in [6.45, 7) is 1.90. The second-order valence-corrected chi connectivity index (χ2v) is 7.43. The number of aryl methyl sites for hydroxylation is 1. The fourth-order valence-electron chi connectivity index (χ4n) is 3.25. The van der Waals surface area contributed by atoms with Gasteiger partial charge < -0.3 is 9.84 Å². The first-order valence-electron chi connectivity index (χ1n) is 8.80. The van der Waals surface area contributed by atoms with E-state index in [1.807, 2.05) is 19.1 Å². The minimum absolute atomic E-state index is 0.430. The number of benzene rings is 1. The summed E-state index contributed by atoms with van der Waals surface area (Å²) in [6.07, 6.45) is 2.61. The van der Waals surface area contributed by atoms with Crippen LogP contribution in [0.15, 0.2) is 59.5 Å². The molecule has 4 heterocycles. The second kappa shape index (κ2) is 6.68. The van der Waals surface area contributed by atoms with Gasteiger partial charge in [-0.15, -0.1) is 11.3 Å². The van der Waals surface area contributed by atoms with Crippen molar-refractivity contribution >= 4 is 38.8 Å². The van der Waals surface area contributed by atoms with Crippen LogP contribution in [0.2, 0.25) is 0 Å². The Hall–Kier alpha value is -3.78. The molecule has 5 aromatic rings. The first kappa shape index (κ1) is 17.3. The number of thiophene rings is 1. The molecule has 4 aromatic heterocycles. The van der Waals surface area contributed by atoms with E-state index in [-0.39, 0.29) is 0 Å². The quantitative estimate of drug-likeness (QED) is 0.497. The Bertz CT molecular complexity index is 1470. The number of aliphatic hydroxyl groups excluding tert-OH is 1. The van der Waals surface area contributed by atoms with Crippen molar-refractivity contribution < 1.29 is 9.84 Å². The van der Waals surface area contributed by atoms with Crippen LogP contribution in [0.3, 0.4) is 0 Å². The predicted octanol–water partition coefficient (Wildman–Crippen LogP) is 3.51. The summed E-state index contributed by atoms with van der Waals surface area (Å²) in [5, 5.41) is 10.2. The van der Waals surface area contributed by atoms with E-state index < -0.39 is 5.69 Å². The summed E-state index contributed by atoms with van der Waals surface area (Å²) in [6, 6.07) is 14.5. The minimum Gasteiger partial charge on any atom is -0.514 e. The number of ether oxygens (including phenoxy) is 1. The van der Waals surface area contributed by atoms with Crippen molar-refractivity contribution in [2.45, 2.75) is 6.92 Å². The van der Waals surface area contributed by atoms with Gasteiger partial charge in [-0.3, -0.25) is 4.57 Å². The van der Waals surface area contributed by atoms with Crippen LogP contribution < -0.4 is 15.0 Å². The van der Waals surface area contributed by atoms with E-state index in [1.165, 1.54) is 15.9 Å². The van der Waals surface area contributed by atoms with Gasteiger partial charge in [-0.05, 0) is 43.3 Å². The van der Waals surface area contributed by atoms with Crippen LogP contribution in [0.5, 0.6) is 11.6 Å². The Labute approximate surface area is 168 Å². The molecule has 0 bridgehead atoms. The van der Waals surface area contributed by atoms with Crippen molar-refractivity contribution in [3.63, 3.8) is 0 Å². The maximum atomic E-state index is 12.8. The SMILES string of the molecule is Cc1cccc(Oc2ccc(-n3c(=O)nc4c(=CO)sc5nccc3c54)cc2)n1. The zero-order chi connectivity index (χ0) is 20.0. The minimum atomic E-state index is -0.430. The van der Waals surface area contributed by atoms with E-state index in [4.69, 9.17) is 4.74 Å². The van der Waals surface area contributed by atoms with Gasteiger partial charge in [0.05, 0.1) is 27.4 Å². The molecule has 0 spiro atoms. The highest BCUT2D eigenvalue weighted by Crippen LogP contribution is 2.27. The third kappa shape index (κ3) is 2.90. The molecule has 5 rings (SSSR count). The predicted molar refractivity (Wildman–Crippen MR) is 112 cm³/mol. The zero-order valence-electron chi connectivity index (χ0n) is 15.2. The number of hydrogen-bond acceptors (Lipinski definition) is 7. The first-order chi connectivity index (χ1) is 14.1. The number of aromatic nitrogens is 4. The van der Waals surface area contributed by atoms with Crippen LogP contribution in [0, 0.1) is 6.92 Å². The van der Waals surface area contributed by atoms with E-state index in [0.29, 0.717) is 37.7 Å². The Balaban J connectivity index is 1.62. The summed E-state index contributed by atoms with van der Waals surface area (Å²) in [5.41, 5.74) is 2.24. The monoisotopic (exact) mass is 402 g/mol. The number of aliphatic hydroxyl groups is 1. The maximum absolute atomic E-state index is 12.8. The molecule has 0 saturated heterocycles. The molecule has 1 N–H and O–H groups in total. The zero-order valence-corrected chi connectivity index (χ0v) is 16.1. The number of pyridine rings is 2. The van der Waals surface area contributed by atoms with E-state index in [9.17, 15) is 9.90 Å². The summed E-state index contributed by atoms with van der Waals surface area (Å²) in [7, 11) is 0. The Kier molecular flexibility index (Phi) is 3.99. The lowest BCUT2D eigenvalue weighted by atomic mass is 10.2. The van der Waals surface area contributed by atoms with Gasteiger partial charge in [0.15, 0.2) is 0 Å². The largest absolute Gasteiger partial charge is 0.514 e. The molecule has 0 radical (unpaired) electrons. The van der Waals surface area contributed by atoms with Crippen molar-refractivity contribution in [3.8, 4) is 17.3 Å². The summed E-state index contributed by atoms with van der Waals surface area (Å²) in [5.74, 6) is 1.12. The van der Waals surface area contributed by atoms with Crippen molar-refractivity contribution in [1.29, 1.82) is 0 Å². The normalized spacial score (nSPS) is 12.1. The Morgan fingerprint density at radius 2 is 1.93 bits per heavy atom. The molecule has 0 amide bonds. The van der Waals surface area contributed by atoms with Gasteiger partial charge in [-0.1, -0.05) is 6.07 Å². The fraction of sp³-hybridized carbons (Fsp3) is 0.0476. The van der Waals surface area contributed by atoms with E-state index >= 15 is 0 Å². The van der Waals surface area contributed by atoms with Gasteiger partial charge in [-0.2, -0.15) is 4.98 Å². The van der Waals surface area contributed by atoms with Crippen LogP contribution >= 0.6 is 11.3 Å². The lowest BCUT2D eigenvalue weighted by Crippen LogP contribution is -2.22. The molecule has 0 fully saturated rings. The molecule has 7 nitrogen and oxygen atoms in total. The molecule has 8 heteroatoms. The highest BCUT2D eigenvalue weighted by atomic mass is 32.1. The fourth-order valence-corrected chi connectivity index (χ4v) is 4.17. The lowest BCUT2D eigenvalue weighted by molar-refractivity contribution is 0.461. The third-order valence-electron chi connectivity index (χ3n) is 4.51. The van der Waals surface area contributed by atoms with Crippen LogP contribution in [-0.4, -0.2) is 24.6 Å². The smallest absolute Gasteiger partial charge is 0.353 e. The molecule has 1 aromatic carbocycles. The van der Waals surface area contributed by atoms with Gasteiger partial charge in [0.25, 0.3) is 0 Å². The summed E-state index contributed by atoms with van der Waals surface area (Å²) < 4.78 is 7.83. The van der Waals surface area contributed by atoms with Crippen molar-refractivity contribution in [3.05, 3.63) is 75.4 Å². The van der Waals surface area contributed by atoms with Gasteiger partial charge in [0, 0.05) is 18.0 Å². The first-order valence-corrected chi connectivity index (χ1v) is 9.62. The summed E-state index contributed by atoms with van der Waals surface area (Å²) >= 11 is 1.29. The Morgan fingerprint density at radius 1 is 1.10 bits per heavy atom. The molecular formula is C21H14N4O3S. The summed E-state index contributed by atoms with van der Waals surface area (Å²) in [4.78, 5) is 26.3. The van der Waals surface area contributed by atoms with Crippen LogP contribution in [0.4, 0.5) is 0 Å². The molecule has 0 atom stereocenters. The number of hydrogen-bond donors (Lipinski definition) is 1. The van der Waals surface area contributed by atoms with Gasteiger partial charge in [-0.25, -0.2) is 14.8 Å². The highest BCUT2D eigenvalue weighted by Gasteiger charge is 2.16. The van der Waals surface area contributed by atoms with Crippen molar-refractivity contribution in [2.75, 3.05) is 0 Å². The van der Waals surface area contributed by atoms with Crippen LogP contribution in [0.25, 0.3) is 33.2 Å². The molecule has 0 unspecified atom stereocenters. The average molecular weight is 402 g/mol. The average Bonchev–Trinajstić information content (AvgIpc) is 3.08. The molecule has 0 aliphatic carbocycles. The molecule has 0 saturated carbocycles. The van der Waals surface area contributed by atoms with E-state index in [2.05, 4.69) is 15.0 Å². The molecule has 0 aliphatic rings. The number of rotatable bonds is 3. The van der Waals surface area contributed by atoms with Crippen LogP contribution in [0.1, 0.15) is 5.69 Å². The van der Waals surface area contributed by atoms with Gasteiger partial charge in [0.1, 0.15) is 16.1 Å². The highest BCUT2D eigenvalue weighted by molar-refractivity contribution is 7.17. The third-order valence-corrected chi connectivity index (χ3v) is 5.53. The van der Waals surface area contributed by atoms with Crippen molar-refractivity contribution in [1.82, 2.24) is 19.5 Å². The molecular weight excluding hydrogens is 388 g/mol. The molecule has 29 heavy (non-hydrogen) atoms. The lowest BCUT2D eigenvalue weighted by Gasteiger charge is -2.11. The van der Waals surface area contributed by atoms with Gasteiger partial charge >= 0.3 is 5.69 Å². The Morgan fingerprint density at radius 3 is 2.69 bits per heavy atom. The van der Waals surface area contributed by atoms with Crippen molar-refractivity contribution in [2.24, 2.45) is 0 Å². The van der Waals surface area contributed by atoms with E-state index in [0.717, 1.165) is 17.3 Å². The molecule has 0 aliphatic heterocycles. The topological polar surface area (TPSA) is 90.1 Å². The van der Waals surface area contributed by atoms with Crippen LogP contribution in [-0.2, 0) is 0 Å². The van der Waals surface area contributed by atoms with E-state index in [1.54, 1.807) is 42.6 Å². The van der Waals surface area contributed by atoms with Gasteiger partial charge in [0.2, 0.25) is 5.88 Å². The second-order valence-electron chi connectivity index (χ2n) is 6.40.